The number of carbonyl (C=O) groups is 2. The Morgan fingerprint density at radius 2 is 2.17 bits per heavy atom. The first kappa shape index (κ1) is 17.8. The largest absolute Gasteiger partial charge is 0.333 e. The Labute approximate surface area is 138 Å². The molecule has 1 atom stereocenters. The van der Waals surface area contributed by atoms with Gasteiger partial charge in [0.15, 0.2) is 0 Å². The lowest BCUT2D eigenvalue weighted by Crippen LogP contribution is -2.42. The highest BCUT2D eigenvalue weighted by Gasteiger charge is 2.42. The Balaban J connectivity index is 2.04. The first-order chi connectivity index (χ1) is 11.1. The number of nitrogens with zero attached hydrogens (tertiary/aromatic N) is 2. The maximum atomic E-state index is 13.2. The molecule has 1 unspecified atom stereocenters. The van der Waals surface area contributed by atoms with Gasteiger partial charge in [0.1, 0.15) is 11.2 Å². The second kappa shape index (κ2) is 6.51. The molecule has 0 spiro atoms. The third-order valence-corrected chi connectivity index (χ3v) is 3.74. The van der Waals surface area contributed by atoms with Crippen molar-refractivity contribution in [2.75, 3.05) is 5.32 Å². The number of pyridine rings is 1. The minimum absolute atomic E-state index is 0.0212. The van der Waals surface area contributed by atoms with E-state index >= 15 is 0 Å². The molecule has 2 rings (SSSR count). The highest BCUT2D eigenvalue weighted by atomic mass is 19.3. The predicted octanol–water partition coefficient (Wildman–Crippen LogP) is 2.49. The zero-order valence-corrected chi connectivity index (χ0v) is 13.4. The number of nitrogens with one attached hydrogen (secondary N) is 2. The molecule has 0 saturated heterocycles. The monoisotopic (exact) mass is 336 g/mol. The van der Waals surface area contributed by atoms with E-state index in [1.807, 2.05) is 6.07 Å². The molecule has 6 nitrogen and oxygen atoms in total. The van der Waals surface area contributed by atoms with Gasteiger partial charge >= 0.3 is 0 Å². The van der Waals surface area contributed by atoms with E-state index in [2.05, 4.69) is 15.6 Å². The van der Waals surface area contributed by atoms with Crippen LogP contribution in [-0.2, 0) is 4.79 Å². The van der Waals surface area contributed by atoms with E-state index in [4.69, 9.17) is 5.26 Å². The third-order valence-electron chi connectivity index (χ3n) is 3.74. The van der Waals surface area contributed by atoms with Crippen LogP contribution in [0.15, 0.2) is 18.3 Å². The highest BCUT2D eigenvalue weighted by molar-refractivity contribution is 5.96. The standard InChI is InChI=1S/C16H18F2N4O2/c1-15(2,9-19)22-14(24)12-7-11(4-6-20-12)21-13(23)10-3-5-16(17,18)8-10/h4,6-7,10H,3,5,8H2,1-2H3,(H,22,24)(H,20,21,23). The Hall–Kier alpha value is -2.56. The number of rotatable bonds is 4. The van der Waals surface area contributed by atoms with Crippen molar-refractivity contribution in [2.24, 2.45) is 5.92 Å². The molecule has 2 amide bonds. The number of anilines is 1. The van der Waals surface area contributed by atoms with Crippen LogP contribution in [0.25, 0.3) is 0 Å². The molecule has 1 heterocycles. The van der Waals surface area contributed by atoms with Gasteiger partial charge in [0, 0.05) is 30.6 Å². The summed E-state index contributed by atoms with van der Waals surface area (Å²) in [5.41, 5.74) is -0.744. The molecule has 24 heavy (non-hydrogen) atoms. The zero-order valence-electron chi connectivity index (χ0n) is 13.4. The molecule has 1 saturated carbocycles. The summed E-state index contributed by atoms with van der Waals surface area (Å²) in [6, 6.07) is 4.74. The molecule has 1 aliphatic carbocycles. The summed E-state index contributed by atoms with van der Waals surface area (Å²) in [6.45, 7) is 3.08. The summed E-state index contributed by atoms with van der Waals surface area (Å²) >= 11 is 0. The molecule has 0 bridgehead atoms. The lowest BCUT2D eigenvalue weighted by molar-refractivity contribution is -0.120. The van der Waals surface area contributed by atoms with Crippen LogP contribution >= 0.6 is 0 Å². The molecular weight excluding hydrogens is 318 g/mol. The van der Waals surface area contributed by atoms with Gasteiger partial charge in [-0.15, -0.1) is 0 Å². The fourth-order valence-electron chi connectivity index (χ4n) is 2.43. The van der Waals surface area contributed by atoms with Crippen molar-refractivity contribution in [3.05, 3.63) is 24.0 Å². The summed E-state index contributed by atoms with van der Waals surface area (Å²) in [4.78, 5) is 28.0. The number of alkyl halides is 2. The highest BCUT2D eigenvalue weighted by Crippen LogP contribution is 2.39. The molecule has 1 aromatic rings. The van der Waals surface area contributed by atoms with Crippen molar-refractivity contribution in [2.45, 2.75) is 44.6 Å². The average molecular weight is 336 g/mol. The van der Waals surface area contributed by atoms with E-state index in [1.165, 1.54) is 32.2 Å². The smallest absolute Gasteiger partial charge is 0.271 e. The molecule has 0 radical (unpaired) electrons. The third kappa shape index (κ3) is 4.47. The van der Waals surface area contributed by atoms with E-state index in [0.29, 0.717) is 5.69 Å². The van der Waals surface area contributed by atoms with Gasteiger partial charge in [0.2, 0.25) is 11.8 Å². The van der Waals surface area contributed by atoms with E-state index < -0.39 is 35.6 Å². The van der Waals surface area contributed by atoms with Crippen LogP contribution in [0, 0.1) is 17.2 Å². The van der Waals surface area contributed by atoms with E-state index in [1.54, 1.807) is 0 Å². The van der Waals surface area contributed by atoms with Crippen molar-refractivity contribution in [3.8, 4) is 6.07 Å². The molecule has 1 aromatic heterocycles. The fraction of sp³-hybridized carbons (Fsp3) is 0.500. The Kier molecular flexibility index (Phi) is 4.83. The minimum atomic E-state index is -2.80. The van der Waals surface area contributed by atoms with Gasteiger partial charge < -0.3 is 10.6 Å². The van der Waals surface area contributed by atoms with Gasteiger partial charge in [-0.25, -0.2) is 8.78 Å². The van der Waals surface area contributed by atoms with Crippen LogP contribution in [0.3, 0.4) is 0 Å². The number of carbonyl (C=O) groups excluding carboxylic acids is 2. The van der Waals surface area contributed by atoms with Crippen LogP contribution in [-0.4, -0.2) is 28.3 Å². The van der Waals surface area contributed by atoms with Crippen molar-refractivity contribution < 1.29 is 18.4 Å². The van der Waals surface area contributed by atoms with Crippen LogP contribution in [0.4, 0.5) is 14.5 Å². The molecule has 128 valence electrons. The van der Waals surface area contributed by atoms with Gasteiger partial charge in [-0.1, -0.05) is 0 Å². The van der Waals surface area contributed by atoms with Gasteiger partial charge in [-0.3, -0.25) is 14.6 Å². The van der Waals surface area contributed by atoms with Gasteiger partial charge in [-0.05, 0) is 32.4 Å². The summed E-state index contributed by atoms with van der Waals surface area (Å²) in [6.07, 6.45) is 0.701. The predicted molar refractivity (Wildman–Crippen MR) is 82.3 cm³/mol. The Morgan fingerprint density at radius 1 is 1.46 bits per heavy atom. The lowest BCUT2D eigenvalue weighted by Gasteiger charge is -2.17. The summed E-state index contributed by atoms with van der Waals surface area (Å²) in [5, 5.41) is 14.0. The Morgan fingerprint density at radius 3 is 2.75 bits per heavy atom. The van der Waals surface area contributed by atoms with Gasteiger partial charge in [0.25, 0.3) is 5.91 Å². The van der Waals surface area contributed by atoms with E-state index in [-0.39, 0.29) is 18.5 Å². The summed E-state index contributed by atoms with van der Waals surface area (Å²) < 4.78 is 26.4. The van der Waals surface area contributed by atoms with Crippen molar-refractivity contribution in [1.82, 2.24) is 10.3 Å². The number of nitriles is 1. The number of hydrogen-bond donors (Lipinski definition) is 2. The number of amides is 2. The molecule has 0 aliphatic heterocycles. The molecule has 1 aliphatic rings. The number of halogens is 2. The average Bonchev–Trinajstić information content (AvgIpc) is 2.87. The van der Waals surface area contributed by atoms with Crippen molar-refractivity contribution in [3.63, 3.8) is 0 Å². The molecule has 1 fully saturated rings. The van der Waals surface area contributed by atoms with Crippen LogP contribution in [0.5, 0.6) is 0 Å². The number of hydrogen-bond acceptors (Lipinski definition) is 4. The quantitative estimate of drug-likeness (QED) is 0.883. The van der Waals surface area contributed by atoms with E-state index in [0.717, 1.165) is 0 Å². The fourth-order valence-corrected chi connectivity index (χ4v) is 2.43. The minimum Gasteiger partial charge on any atom is -0.333 e. The van der Waals surface area contributed by atoms with Crippen molar-refractivity contribution >= 4 is 17.5 Å². The molecule has 8 heteroatoms. The molecular formula is C16H18F2N4O2. The first-order valence-electron chi connectivity index (χ1n) is 7.50. The SMILES string of the molecule is CC(C)(C#N)NC(=O)c1cc(NC(=O)C2CCC(F)(F)C2)ccn1. The Bertz CT molecular complexity index is 698. The van der Waals surface area contributed by atoms with Crippen LogP contribution < -0.4 is 10.6 Å². The van der Waals surface area contributed by atoms with Gasteiger partial charge in [0.05, 0.1) is 6.07 Å². The zero-order chi connectivity index (χ0) is 18.0. The summed E-state index contributed by atoms with van der Waals surface area (Å²) in [7, 11) is 0. The molecule has 2 N–H and O–H groups in total. The van der Waals surface area contributed by atoms with Crippen LogP contribution in [0.1, 0.15) is 43.6 Å². The molecule has 0 aromatic carbocycles. The maximum Gasteiger partial charge on any atom is 0.271 e. The number of aromatic nitrogens is 1. The van der Waals surface area contributed by atoms with Gasteiger partial charge in [-0.2, -0.15) is 5.26 Å². The topological polar surface area (TPSA) is 94.9 Å². The van der Waals surface area contributed by atoms with E-state index in [9.17, 15) is 18.4 Å². The first-order valence-corrected chi connectivity index (χ1v) is 7.50. The summed E-state index contributed by atoms with van der Waals surface area (Å²) in [5.74, 6) is -4.61. The maximum absolute atomic E-state index is 13.2. The lowest BCUT2D eigenvalue weighted by atomic mass is 10.1. The second-order valence-electron chi connectivity index (χ2n) is 6.41. The normalized spacial score (nSPS) is 19.4. The second-order valence-corrected chi connectivity index (χ2v) is 6.41. The van der Waals surface area contributed by atoms with Crippen molar-refractivity contribution in [1.29, 1.82) is 5.26 Å². The van der Waals surface area contributed by atoms with Crippen LogP contribution in [0.2, 0.25) is 0 Å².